The molecule has 1 rings (SSSR count). The van der Waals surface area contributed by atoms with Crippen LogP contribution in [0.15, 0.2) is 24.3 Å². The molecule has 0 aliphatic rings. The summed E-state index contributed by atoms with van der Waals surface area (Å²) in [6.45, 7) is 3.62. The topological polar surface area (TPSA) is 0 Å². The summed E-state index contributed by atoms with van der Waals surface area (Å²) in [5.74, 6) is 0. The maximum Gasteiger partial charge on any atom is 0.123 e. The quantitative estimate of drug-likeness (QED) is 0.610. The van der Waals surface area contributed by atoms with Crippen LogP contribution in [0.3, 0.4) is 0 Å². The van der Waals surface area contributed by atoms with Crippen molar-refractivity contribution in [2.75, 3.05) is 0 Å². The molecule has 1 aromatic rings. The highest BCUT2D eigenvalue weighted by Crippen LogP contribution is 2.20. The number of rotatable bonds is 2. The average Bonchev–Trinajstić information content (AvgIpc) is 2.04. The smallest absolute Gasteiger partial charge is 0.123 e. The summed E-state index contributed by atoms with van der Waals surface area (Å²) in [6, 6.07) is 7.66. The van der Waals surface area contributed by atoms with Gasteiger partial charge in [0.25, 0.3) is 0 Å². The van der Waals surface area contributed by atoms with Gasteiger partial charge in [-0.05, 0) is 24.5 Å². The highest BCUT2D eigenvalue weighted by Gasteiger charge is 2.05. The first-order valence-electron chi connectivity index (χ1n) is 3.97. The summed E-state index contributed by atoms with van der Waals surface area (Å²) < 4.78 is 12.9. The van der Waals surface area contributed by atoms with Crippen LogP contribution in [-0.4, -0.2) is 0 Å². The Morgan fingerprint density at radius 3 is 2.45 bits per heavy atom. The van der Waals surface area contributed by atoms with Gasteiger partial charge < -0.3 is 0 Å². The molecule has 0 bridgehead atoms. The van der Waals surface area contributed by atoms with Crippen LogP contribution in [-0.2, 0) is 6.42 Å². The highest BCUT2D eigenvalue weighted by atomic mass is 19.1. The Balaban J connectivity index is 3.02. The highest BCUT2D eigenvalue weighted by molar-refractivity contribution is 5.28. The Bertz CT molecular complexity index is 228. The van der Waals surface area contributed by atoms with E-state index in [2.05, 4.69) is 0 Å². The van der Waals surface area contributed by atoms with E-state index in [9.17, 15) is 4.39 Å². The van der Waals surface area contributed by atoms with E-state index in [1.807, 2.05) is 31.2 Å². The zero-order valence-electron chi connectivity index (χ0n) is 6.97. The average molecular weight is 152 g/mol. The summed E-state index contributed by atoms with van der Waals surface area (Å²) in [4.78, 5) is 0. The van der Waals surface area contributed by atoms with Gasteiger partial charge in [-0.15, -0.1) is 0 Å². The van der Waals surface area contributed by atoms with Gasteiger partial charge in [-0.25, -0.2) is 4.39 Å². The molecule has 0 heterocycles. The first-order valence-corrected chi connectivity index (χ1v) is 3.97. The standard InChI is InChI=1S/C10H13F/c1-3-9-6-4-5-7-10(9)8(2)11/h4-8H,3H2,1-2H3. The van der Waals surface area contributed by atoms with Crippen LogP contribution in [0.5, 0.6) is 0 Å². The van der Waals surface area contributed by atoms with Gasteiger partial charge in [-0.1, -0.05) is 31.2 Å². The first kappa shape index (κ1) is 8.25. The molecule has 0 aliphatic carbocycles. The zero-order valence-corrected chi connectivity index (χ0v) is 6.97. The molecule has 0 saturated heterocycles. The second kappa shape index (κ2) is 3.51. The molecule has 0 nitrogen and oxygen atoms in total. The zero-order chi connectivity index (χ0) is 8.27. The minimum absolute atomic E-state index is 0.829. The number of alkyl halides is 1. The molecule has 0 N–H and O–H groups in total. The maximum atomic E-state index is 12.9. The fourth-order valence-electron chi connectivity index (χ4n) is 1.24. The van der Waals surface area contributed by atoms with Crippen LogP contribution < -0.4 is 0 Å². The molecule has 1 atom stereocenters. The summed E-state index contributed by atoms with van der Waals surface area (Å²) in [6.07, 6.45) is 0.0656. The van der Waals surface area contributed by atoms with Crippen LogP contribution >= 0.6 is 0 Å². The minimum Gasteiger partial charge on any atom is -0.243 e. The fraction of sp³-hybridized carbons (Fsp3) is 0.400. The Kier molecular flexibility index (Phi) is 2.64. The number of hydrogen-bond acceptors (Lipinski definition) is 0. The monoisotopic (exact) mass is 152 g/mol. The van der Waals surface area contributed by atoms with E-state index in [0.29, 0.717) is 0 Å². The summed E-state index contributed by atoms with van der Waals surface area (Å²) in [5.41, 5.74) is 1.94. The maximum absolute atomic E-state index is 12.9. The molecule has 1 unspecified atom stereocenters. The first-order chi connectivity index (χ1) is 5.25. The third-order valence-electron chi connectivity index (χ3n) is 1.86. The summed E-state index contributed by atoms with van der Waals surface area (Å²) >= 11 is 0. The molecule has 0 fully saturated rings. The van der Waals surface area contributed by atoms with Gasteiger partial charge in [0, 0.05) is 0 Å². The van der Waals surface area contributed by atoms with Crippen molar-refractivity contribution >= 4 is 0 Å². The van der Waals surface area contributed by atoms with Gasteiger partial charge in [0.2, 0.25) is 0 Å². The van der Waals surface area contributed by atoms with Gasteiger partial charge in [-0.3, -0.25) is 0 Å². The Labute approximate surface area is 67.1 Å². The number of hydrogen-bond donors (Lipinski definition) is 0. The molecule has 0 aromatic heterocycles. The van der Waals surface area contributed by atoms with Crippen molar-refractivity contribution in [2.24, 2.45) is 0 Å². The van der Waals surface area contributed by atoms with E-state index >= 15 is 0 Å². The lowest BCUT2D eigenvalue weighted by molar-refractivity contribution is 0.372. The van der Waals surface area contributed by atoms with Crippen LogP contribution in [0.2, 0.25) is 0 Å². The van der Waals surface area contributed by atoms with E-state index in [1.165, 1.54) is 0 Å². The normalized spacial score (nSPS) is 13.0. The Morgan fingerprint density at radius 2 is 2.00 bits per heavy atom. The lowest BCUT2D eigenvalue weighted by Gasteiger charge is -2.07. The van der Waals surface area contributed by atoms with Crippen molar-refractivity contribution in [3.05, 3.63) is 35.4 Å². The molecular weight excluding hydrogens is 139 g/mol. The van der Waals surface area contributed by atoms with Crippen molar-refractivity contribution in [2.45, 2.75) is 26.4 Å². The van der Waals surface area contributed by atoms with Crippen molar-refractivity contribution < 1.29 is 4.39 Å². The van der Waals surface area contributed by atoms with E-state index in [1.54, 1.807) is 6.92 Å². The molecule has 0 aliphatic heterocycles. The molecule has 11 heavy (non-hydrogen) atoms. The number of aryl methyl sites for hydroxylation is 1. The third kappa shape index (κ3) is 1.79. The van der Waals surface area contributed by atoms with Gasteiger partial charge >= 0.3 is 0 Å². The predicted molar refractivity (Wildman–Crippen MR) is 45.3 cm³/mol. The van der Waals surface area contributed by atoms with E-state index in [-0.39, 0.29) is 0 Å². The van der Waals surface area contributed by atoms with E-state index < -0.39 is 6.17 Å². The molecule has 0 amide bonds. The molecule has 0 radical (unpaired) electrons. The van der Waals surface area contributed by atoms with Crippen molar-refractivity contribution in [1.82, 2.24) is 0 Å². The predicted octanol–water partition coefficient (Wildman–Crippen LogP) is 3.28. The second-order valence-corrected chi connectivity index (χ2v) is 2.67. The molecule has 0 spiro atoms. The second-order valence-electron chi connectivity index (χ2n) is 2.67. The van der Waals surface area contributed by atoms with Crippen LogP contribution in [0, 0.1) is 0 Å². The van der Waals surface area contributed by atoms with Gasteiger partial charge in [0.15, 0.2) is 0 Å². The number of benzene rings is 1. The minimum atomic E-state index is -0.842. The summed E-state index contributed by atoms with van der Waals surface area (Å²) in [7, 11) is 0. The van der Waals surface area contributed by atoms with Gasteiger partial charge in [0.05, 0.1) is 0 Å². The molecule has 0 saturated carbocycles. The Hall–Kier alpha value is -0.850. The lowest BCUT2D eigenvalue weighted by atomic mass is 10.0. The van der Waals surface area contributed by atoms with Crippen molar-refractivity contribution in [1.29, 1.82) is 0 Å². The molecule has 60 valence electrons. The van der Waals surface area contributed by atoms with Crippen LogP contribution in [0.25, 0.3) is 0 Å². The molecular formula is C10H13F. The van der Waals surface area contributed by atoms with E-state index in [4.69, 9.17) is 0 Å². The Morgan fingerprint density at radius 1 is 1.36 bits per heavy atom. The fourth-order valence-corrected chi connectivity index (χ4v) is 1.24. The molecule has 1 heteroatoms. The van der Waals surface area contributed by atoms with E-state index in [0.717, 1.165) is 17.5 Å². The van der Waals surface area contributed by atoms with Gasteiger partial charge in [-0.2, -0.15) is 0 Å². The van der Waals surface area contributed by atoms with Crippen LogP contribution in [0.1, 0.15) is 31.1 Å². The lowest BCUT2D eigenvalue weighted by Crippen LogP contribution is -1.92. The van der Waals surface area contributed by atoms with Crippen molar-refractivity contribution in [3.8, 4) is 0 Å². The summed E-state index contributed by atoms with van der Waals surface area (Å²) in [5, 5.41) is 0. The van der Waals surface area contributed by atoms with Crippen LogP contribution in [0.4, 0.5) is 4.39 Å². The molecule has 1 aromatic carbocycles. The van der Waals surface area contributed by atoms with Gasteiger partial charge in [0.1, 0.15) is 6.17 Å². The van der Waals surface area contributed by atoms with Crippen molar-refractivity contribution in [3.63, 3.8) is 0 Å². The number of halogens is 1. The third-order valence-corrected chi connectivity index (χ3v) is 1.86. The SMILES string of the molecule is CCc1ccccc1C(C)F. The largest absolute Gasteiger partial charge is 0.243 e.